The molecule has 5 nitrogen and oxygen atoms in total. The third kappa shape index (κ3) is 2.57. The first-order chi connectivity index (χ1) is 9.74. The average molecular weight is 270 g/mol. The summed E-state index contributed by atoms with van der Waals surface area (Å²) in [6, 6.07) is 5.83. The van der Waals surface area contributed by atoms with Gasteiger partial charge in [-0.1, -0.05) is 12.8 Å². The van der Waals surface area contributed by atoms with Crippen LogP contribution in [-0.2, 0) is 6.42 Å². The van der Waals surface area contributed by atoms with Gasteiger partial charge in [0.1, 0.15) is 5.69 Å². The molecular weight excluding hydrogens is 252 g/mol. The van der Waals surface area contributed by atoms with E-state index >= 15 is 0 Å². The number of pyridine rings is 1. The van der Waals surface area contributed by atoms with Gasteiger partial charge in [-0.2, -0.15) is 5.10 Å². The Morgan fingerprint density at radius 1 is 1.35 bits per heavy atom. The molecule has 5 heteroatoms. The number of rotatable bonds is 4. The van der Waals surface area contributed by atoms with Crippen molar-refractivity contribution in [2.45, 2.75) is 38.1 Å². The lowest BCUT2D eigenvalue weighted by atomic mass is 10.1. The zero-order valence-electron chi connectivity index (χ0n) is 11.3. The number of Topliss-reactive ketones (excluding diaryl/α,β-unsaturated/α-hetero) is 1. The van der Waals surface area contributed by atoms with Gasteiger partial charge in [-0.25, -0.2) is 0 Å². The second kappa shape index (κ2) is 5.45. The fourth-order valence-corrected chi connectivity index (χ4v) is 2.74. The number of aromatic nitrogens is 3. The summed E-state index contributed by atoms with van der Waals surface area (Å²) in [5.74, 6) is -0.0835. The van der Waals surface area contributed by atoms with Crippen LogP contribution in [0.25, 0.3) is 0 Å². The van der Waals surface area contributed by atoms with E-state index in [0.717, 1.165) is 5.69 Å². The minimum atomic E-state index is -0.0835. The highest BCUT2D eigenvalue weighted by Gasteiger charge is 2.19. The number of hydrogen-bond donors (Lipinski definition) is 1. The van der Waals surface area contributed by atoms with Gasteiger partial charge in [0.25, 0.3) is 0 Å². The largest absolute Gasteiger partial charge is 0.397 e. The maximum Gasteiger partial charge on any atom is 0.189 e. The molecule has 104 valence electrons. The molecule has 0 atom stereocenters. The highest BCUT2D eigenvalue weighted by molar-refractivity contribution is 5.99. The molecule has 0 bridgehead atoms. The van der Waals surface area contributed by atoms with E-state index < -0.39 is 0 Å². The lowest BCUT2D eigenvalue weighted by molar-refractivity contribution is 0.0988. The lowest BCUT2D eigenvalue weighted by Crippen LogP contribution is -2.11. The Labute approximate surface area is 117 Å². The van der Waals surface area contributed by atoms with Crippen molar-refractivity contribution >= 4 is 11.5 Å². The first-order valence-electron chi connectivity index (χ1n) is 7.02. The number of anilines is 1. The fourth-order valence-electron chi connectivity index (χ4n) is 2.74. The van der Waals surface area contributed by atoms with E-state index in [-0.39, 0.29) is 12.2 Å². The number of ketones is 1. The summed E-state index contributed by atoms with van der Waals surface area (Å²) in [6.07, 6.45) is 8.71. The van der Waals surface area contributed by atoms with Gasteiger partial charge < -0.3 is 5.73 Å². The zero-order chi connectivity index (χ0) is 13.9. The predicted molar refractivity (Wildman–Crippen MR) is 76.4 cm³/mol. The Kier molecular flexibility index (Phi) is 3.50. The molecule has 1 aliphatic rings. The van der Waals surface area contributed by atoms with Gasteiger partial charge in [0.15, 0.2) is 5.78 Å². The Bertz CT molecular complexity index is 614. The third-order valence-corrected chi connectivity index (χ3v) is 3.81. The summed E-state index contributed by atoms with van der Waals surface area (Å²) in [7, 11) is 0. The van der Waals surface area contributed by atoms with Gasteiger partial charge in [0.05, 0.1) is 23.8 Å². The molecule has 2 heterocycles. The van der Waals surface area contributed by atoms with E-state index in [0.29, 0.717) is 17.4 Å². The van der Waals surface area contributed by atoms with E-state index in [9.17, 15) is 4.79 Å². The number of carbonyl (C=O) groups excluding carboxylic acids is 1. The average Bonchev–Trinajstić information content (AvgIpc) is 3.09. The lowest BCUT2D eigenvalue weighted by Gasteiger charge is -2.08. The van der Waals surface area contributed by atoms with Crippen molar-refractivity contribution in [3.63, 3.8) is 0 Å². The van der Waals surface area contributed by atoms with Gasteiger partial charge in [0, 0.05) is 12.4 Å². The van der Waals surface area contributed by atoms with Crippen LogP contribution in [-0.4, -0.2) is 20.5 Å². The van der Waals surface area contributed by atoms with Crippen molar-refractivity contribution in [3.05, 3.63) is 42.0 Å². The quantitative estimate of drug-likeness (QED) is 0.866. The van der Waals surface area contributed by atoms with Crippen molar-refractivity contribution < 1.29 is 4.79 Å². The number of hydrogen-bond acceptors (Lipinski definition) is 4. The van der Waals surface area contributed by atoms with E-state index in [1.807, 2.05) is 16.9 Å². The molecule has 0 amide bonds. The van der Waals surface area contributed by atoms with Gasteiger partial charge in [-0.15, -0.1) is 0 Å². The van der Waals surface area contributed by atoms with Crippen LogP contribution < -0.4 is 5.73 Å². The Morgan fingerprint density at radius 2 is 2.15 bits per heavy atom. The summed E-state index contributed by atoms with van der Waals surface area (Å²) < 4.78 is 2.00. The SMILES string of the molecule is Nc1cccnc1C(=O)Cc1ccn(C2CCCC2)n1. The molecule has 2 aromatic heterocycles. The van der Waals surface area contributed by atoms with E-state index in [4.69, 9.17) is 5.73 Å². The van der Waals surface area contributed by atoms with Crippen LogP contribution in [0.15, 0.2) is 30.6 Å². The van der Waals surface area contributed by atoms with Crippen LogP contribution in [0, 0.1) is 0 Å². The van der Waals surface area contributed by atoms with Crippen molar-refractivity contribution in [3.8, 4) is 0 Å². The number of carbonyl (C=O) groups is 1. The molecule has 0 spiro atoms. The van der Waals surface area contributed by atoms with Crippen LogP contribution >= 0.6 is 0 Å². The Morgan fingerprint density at radius 3 is 2.90 bits per heavy atom. The van der Waals surface area contributed by atoms with Crippen molar-refractivity contribution in [2.75, 3.05) is 5.73 Å². The van der Waals surface area contributed by atoms with Crippen LogP contribution in [0.4, 0.5) is 5.69 Å². The van der Waals surface area contributed by atoms with Gasteiger partial charge in [0.2, 0.25) is 0 Å². The molecule has 20 heavy (non-hydrogen) atoms. The summed E-state index contributed by atoms with van der Waals surface area (Å²) in [5, 5.41) is 4.51. The second-order valence-corrected chi connectivity index (χ2v) is 5.27. The van der Waals surface area contributed by atoms with Crippen LogP contribution in [0.3, 0.4) is 0 Å². The third-order valence-electron chi connectivity index (χ3n) is 3.81. The van der Waals surface area contributed by atoms with Crippen molar-refractivity contribution in [1.29, 1.82) is 0 Å². The molecule has 1 saturated carbocycles. The first kappa shape index (κ1) is 12.8. The minimum absolute atomic E-state index is 0.0835. The predicted octanol–water partition coefficient (Wildman–Crippen LogP) is 2.40. The topological polar surface area (TPSA) is 73.8 Å². The van der Waals surface area contributed by atoms with E-state index in [2.05, 4.69) is 10.1 Å². The normalized spacial score (nSPS) is 15.6. The maximum absolute atomic E-state index is 12.2. The van der Waals surface area contributed by atoms with Crippen LogP contribution in [0.5, 0.6) is 0 Å². The first-order valence-corrected chi connectivity index (χ1v) is 7.02. The highest BCUT2D eigenvalue weighted by Crippen LogP contribution is 2.28. The monoisotopic (exact) mass is 270 g/mol. The summed E-state index contributed by atoms with van der Waals surface area (Å²) >= 11 is 0. The summed E-state index contributed by atoms with van der Waals surface area (Å²) in [6.45, 7) is 0. The van der Waals surface area contributed by atoms with E-state index in [1.165, 1.54) is 25.7 Å². The summed E-state index contributed by atoms with van der Waals surface area (Å²) in [5.41, 5.74) is 7.32. The number of nitrogens with zero attached hydrogens (tertiary/aromatic N) is 3. The Balaban J connectivity index is 1.72. The molecule has 2 aromatic rings. The standard InChI is InChI=1S/C15H18N4O/c16-13-6-3-8-17-15(13)14(20)10-11-7-9-19(18-11)12-4-1-2-5-12/h3,6-9,12H,1-2,4-5,10,16H2. The van der Waals surface area contributed by atoms with Gasteiger partial charge in [-0.3, -0.25) is 14.5 Å². The second-order valence-electron chi connectivity index (χ2n) is 5.27. The number of nitrogens with two attached hydrogens (primary N) is 1. The highest BCUT2D eigenvalue weighted by atomic mass is 16.1. The summed E-state index contributed by atoms with van der Waals surface area (Å²) in [4.78, 5) is 16.2. The van der Waals surface area contributed by atoms with Crippen LogP contribution in [0.2, 0.25) is 0 Å². The molecule has 2 N–H and O–H groups in total. The van der Waals surface area contributed by atoms with Crippen LogP contribution in [0.1, 0.15) is 47.9 Å². The zero-order valence-corrected chi connectivity index (χ0v) is 11.3. The van der Waals surface area contributed by atoms with E-state index in [1.54, 1.807) is 18.3 Å². The molecule has 0 aliphatic heterocycles. The number of nitrogen functional groups attached to an aromatic ring is 1. The molecular formula is C15H18N4O. The fraction of sp³-hybridized carbons (Fsp3) is 0.400. The Hall–Kier alpha value is -2.17. The molecule has 0 radical (unpaired) electrons. The molecule has 0 aromatic carbocycles. The van der Waals surface area contributed by atoms with Crippen molar-refractivity contribution in [2.24, 2.45) is 0 Å². The molecule has 1 fully saturated rings. The van der Waals surface area contributed by atoms with Gasteiger partial charge >= 0.3 is 0 Å². The van der Waals surface area contributed by atoms with Gasteiger partial charge in [-0.05, 0) is 31.0 Å². The minimum Gasteiger partial charge on any atom is -0.397 e. The molecule has 1 aliphatic carbocycles. The molecule has 3 rings (SSSR count). The smallest absolute Gasteiger partial charge is 0.189 e. The molecule has 0 unspecified atom stereocenters. The maximum atomic E-state index is 12.2. The molecule has 0 saturated heterocycles. The van der Waals surface area contributed by atoms with Crippen molar-refractivity contribution in [1.82, 2.24) is 14.8 Å².